The highest BCUT2D eigenvalue weighted by molar-refractivity contribution is 6.10. The Hall–Kier alpha value is 0.0499. The van der Waals surface area contributed by atoms with Crippen LogP contribution in [0.1, 0.15) is 13.8 Å². The lowest BCUT2D eigenvalue weighted by Crippen LogP contribution is -2.21. The first-order valence-corrected chi connectivity index (χ1v) is 3.85. The summed E-state index contributed by atoms with van der Waals surface area (Å²) in [4.78, 5) is 0. The molecule has 0 aromatic rings. The van der Waals surface area contributed by atoms with E-state index in [1.807, 2.05) is 13.8 Å². The lowest BCUT2D eigenvalue weighted by Gasteiger charge is -2.16. The molecule has 0 aliphatic carbocycles. The van der Waals surface area contributed by atoms with Gasteiger partial charge in [-0.3, -0.25) is 0 Å². The van der Waals surface area contributed by atoms with E-state index < -0.39 is 5.79 Å². The third kappa shape index (κ3) is 2.00. The lowest BCUT2D eigenvalue weighted by atomic mass is 9.89. The molecular formula is C7H12B2O2. The summed E-state index contributed by atoms with van der Waals surface area (Å²) in [6.45, 7) is 3.73. The van der Waals surface area contributed by atoms with Crippen LogP contribution in [0.25, 0.3) is 0 Å². The van der Waals surface area contributed by atoms with Gasteiger partial charge in [-0.05, 0) is 13.8 Å². The Bertz CT molecular complexity index is 124. The second-order valence-corrected chi connectivity index (χ2v) is 3.18. The highest BCUT2D eigenvalue weighted by Crippen LogP contribution is 2.30. The molecule has 2 unspecified atom stereocenters. The van der Waals surface area contributed by atoms with Crippen molar-refractivity contribution in [2.75, 3.05) is 0 Å². The zero-order valence-electron chi connectivity index (χ0n) is 7.04. The van der Waals surface area contributed by atoms with Crippen molar-refractivity contribution in [3.8, 4) is 0 Å². The van der Waals surface area contributed by atoms with E-state index >= 15 is 0 Å². The predicted molar refractivity (Wildman–Crippen MR) is 44.9 cm³/mol. The van der Waals surface area contributed by atoms with Crippen LogP contribution < -0.4 is 0 Å². The third-order valence-corrected chi connectivity index (χ3v) is 1.75. The van der Waals surface area contributed by atoms with E-state index in [1.165, 1.54) is 0 Å². The maximum Gasteiger partial charge on any atom is 0.163 e. The standard InChI is InChI=1S/C7H12B2O2/c1-7(2)10-5(3-8)6(4-9)11-7/h5-6H,3-4H2,1-2H3. The molecule has 0 aromatic carbocycles. The predicted octanol–water partition coefficient (Wildman–Crippen LogP) is 0.680. The zero-order chi connectivity index (χ0) is 8.48. The van der Waals surface area contributed by atoms with Gasteiger partial charge < -0.3 is 9.47 Å². The first kappa shape index (κ1) is 9.14. The summed E-state index contributed by atoms with van der Waals surface area (Å²) >= 11 is 0. The first-order valence-electron chi connectivity index (χ1n) is 3.85. The second-order valence-electron chi connectivity index (χ2n) is 3.18. The van der Waals surface area contributed by atoms with Gasteiger partial charge in [0.1, 0.15) is 0 Å². The van der Waals surface area contributed by atoms with E-state index in [0.29, 0.717) is 12.6 Å². The summed E-state index contributed by atoms with van der Waals surface area (Å²) in [7, 11) is 10.9. The quantitative estimate of drug-likeness (QED) is 0.538. The van der Waals surface area contributed by atoms with E-state index in [9.17, 15) is 0 Å². The molecule has 11 heavy (non-hydrogen) atoms. The van der Waals surface area contributed by atoms with Gasteiger partial charge in [0.05, 0.1) is 27.9 Å². The van der Waals surface area contributed by atoms with Crippen LogP contribution in [0.2, 0.25) is 12.6 Å². The molecule has 0 spiro atoms. The molecule has 1 rings (SSSR count). The summed E-state index contributed by atoms with van der Waals surface area (Å²) in [6.07, 6.45) is 0.835. The van der Waals surface area contributed by atoms with Crippen LogP contribution in [0.5, 0.6) is 0 Å². The summed E-state index contributed by atoms with van der Waals surface area (Å²) in [6, 6.07) is 0. The van der Waals surface area contributed by atoms with E-state index in [4.69, 9.17) is 25.2 Å². The largest absolute Gasteiger partial charge is 0.345 e. The fourth-order valence-corrected chi connectivity index (χ4v) is 1.31. The molecule has 0 aromatic heterocycles. The molecular weight excluding hydrogens is 138 g/mol. The van der Waals surface area contributed by atoms with Crippen molar-refractivity contribution in [2.45, 2.75) is 44.5 Å². The molecule has 0 amide bonds. The molecule has 1 fully saturated rings. The topological polar surface area (TPSA) is 18.5 Å². The smallest absolute Gasteiger partial charge is 0.163 e. The maximum atomic E-state index is 5.47. The average Bonchev–Trinajstić information content (AvgIpc) is 2.25. The number of rotatable bonds is 2. The number of ether oxygens (including phenoxy) is 2. The molecule has 4 heteroatoms. The van der Waals surface area contributed by atoms with Gasteiger partial charge in [-0.2, -0.15) is 0 Å². The molecule has 4 radical (unpaired) electrons. The van der Waals surface area contributed by atoms with Crippen molar-refractivity contribution in [2.24, 2.45) is 0 Å². The van der Waals surface area contributed by atoms with E-state index in [0.717, 1.165) is 0 Å². The van der Waals surface area contributed by atoms with Crippen LogP contribution in [-0.2, 0) is 9.47 Å². The van der Waals surface area contributed by atoms with Crippen molar-refractivity contribution < 1.29 is 9.47 Å². The van der Waals surface area contributed by atoms with Crippen LogP contribution in [0.15, 0.2) is 0 Å². The normalized spacial score (nSPS) is 35.8. The van der Waals surface area contributed by atoms with Crippen molar-refractivity contribution in [3.05, 3.63) is 0 Å². The third-order valence-electron chi connectivity index (χ3n) is 1.75. The van der Waals surface area contributed by atoms with Crippen LogP contribution in [-0.4, -0.2) is 33.7 Å². The summed E-state index contributed by atoms with van der Waals surface area (Å²) in [5.74, 6) is -0.520. The van der Waals surface area contributed by atoms with Crippen molar-refractivity contribution in [1.82, 2.24) is 0 Å². The Balaban J connectivity index is 2.55. The van der Waals surface area contributed by atoms with Crippen LogP contribution in [0.3, 0.4) is 0 Å². The Labute approximate surface area is 70.5 Å². The Kier molecular flexibility index (Phi) is 2.66. The summed E-state index contributed by atoms with van der Waals surface area (Å²) < 4.78 is 10.9. The summed E-state index contributed by atoms with van der Waals surface area (Å²) in [5.41, 5.74) is 0. The molecule has 1 aliphatic heterocycles. The van der Waals surface area contributed by atoms with E-state index in [-0.39, 0.29) is 12.2 Å². The van der Waals surface area contributed by atoms with Crippen LogP contribution >= 0.6 is 0 Å². The Morgan fingerprint density at radius 1 is 1.09 bits per heavy atom. The lowest BCUT2D eigenvalue weighted by molar-refractivity contribution is -0.143. The van der Waals surface area contributed by atoms with Crippen molar-refractivity contribution in [1.29, 1.82) is 0 Å². The molecule has 1 heterocycles. The summed E-state index contributed by atoms with van der Waals surface area (Å²) in [5, 5.41) is 0. The van der Waals surface area contributed by atoms with Gasteiger partial charge in [0.2, 0.25) is 0 Å². The average molecular weight is 150 g/mol. The van der Waals surface area contributed by atoms with E-state index in [1.54, 1.807) is 0 Å². The highest BCUT2D eigenvalue weighted by Gasteiger charge is 2.38. The molecule has 0 bridgehead atoms. The Morgan fingerprint density at radius 3 is 1.73 bits per heavy atom. The van der Waals surface area contributed by atoms with Gasteiger partial charge in [-0.1, -0.05) is 12.6 Å². The maximum absolute atomic E-state index is 5.47. The molecule has 2 nitrogen and oxygen atoms in total. The fraction of sp³-hybridized carbons (Fsp3) is 1.00. The Morgan fingerprint density at radius 2 is 1.45 bits per heavy atom. The van der Waals surface area contributed by atoms with Crippen LogP contribution in [0, 0.1) is 0 Å². The van der Waals surface area contributed by atoms with Gasteiger partial charge in [-0.15, -0.1) is 0 Å². The van der Waals surface area contributed by atoms with Gasteiger partial charge in [-0.25, -0.2) is 0 Å². The molecule has 58 valence electrons. The number of hydrogen-bond acceptors (Lipinski definition) is 2. The first-order chi connectivity index (χ1) is 5.09. The molecule has 1 saturated heterocycles. The minimum absolute atomic E-state index is 0.0463. The van der Waals surface area contributed by atoms with Crippen molar-refractivity contribution in [3.63, 3.8) is 0 Å². The van der Waals surface area contributed by atoms with Gasteiger partial charge in [0, 0.05) is 0 Å². The molecule has 2 atom stereocenters. The molecule has 0 N–H and O–H groups in total. The molecule has 1 aliphatic rings. The SMILES string of the molecule is [B]CC1OC(C)(C)OC1C[B]. The van der Waals surface area contributed by atoms with E-state index in [2.05, 4.69) is 0 Å². The van der Waals surface area contributed by atoms with Gasteiger partial charge >= 0.3 is 0 Å². The van der Waals surface area contributed by atoms with Gasteiger partial charge in [0.25, 0.3) is 0 Å². The zero-order valence-corrected chi connectivity index (χ0v) is 7.04. The minimum atomic E-state index is -0.520. The van der Waals surface area contributed by atoms with Crippen molar-refractivity contribution >= 4 is 15.7 Å². The van der Waals surface area contributed by atoms with Gasteiger partial charge in [0.15, 0.2) is 5.79 Å². The highest BCUT2D eigenvalue weighted by atomic mass is 16.7. The van der Waals surface area contributed by atoms with Crippen LogP contribution in [0.4, 0.5) is 0 Å². The monoisotopic (exact) mass is 150 g/mol. The molecule has 0 saturated carbocycles. The number of hydrogen-bond donors (Lipinski definition) is 0. The fourth-order valence-electron chi connectivity index (χ4n) is 1.31. The minimum Gasteiger partial charge on any atom is -0.345 e. The second kappa shape index (κ2) is 3.20.